The van der Waals surface area contributed by atoms with Gasteiger partial charge in [0, 0.05) is 19.5 Å². The fraction of sp³-hybridized carbons (Fsp3) is 0.250. The summed E-state index contributed by atoms with van der Waals surface area (Å²) in [4.78, 5) is 18.6. The summed E-state index contributed by atoms with van der Waals surface area (Å²) in [5.74, 6) is 1.95. The van der Waals surface area contributed by atoms with Crippen LogP contribution in [0.2, 0.25) is 0 Å². The Morgan fingerprint density at radius 3 is 2.70 bits per heavy atom. The van der Waals surface area contributed by atoms with E-state index in [1.165, 1.54) is 0 Å². The third-order valence-electron chi connectivity index (χ3n) is 4.56. The highest BCUT2D eigenvalue weighted by atomic mass is 16.5. The summed E-state index contributed by atoms with van der Waals surface area (Å²) < 4.78 is 10.6. The first kappa shape index (κ1) is 17.1. The summed E-state index contributed by atoms with van der Waals surface area (Å²) in [5, 5.41) is 6.92. The quantitative estimate of drug-likeness (QED) is 0.751. The summed E-state index contributed by atoms with van der Waals surface area (Å²) >= 11 is 0. The molecule has 1 N–H and O–H groups in total. The summed E-state index contributed by atoms with van der Waals surface area (Å²) in [6, 6.07) is 17.2. The highest BCUT2D eigenvalue weighted by Gasteiger charge is 2.35. The topological polar surface area (TPSA) is 80.5 Å². The molecule has 0 aliphatic carbocycles. The number of nitrogens with one attached hydrogen (secondary N) is 1. The van der Waals surface area contributed by atoms with Crippen molar-refractivity contribution in [2.24, 2.45) is 0 Å². The van der Waals surface area contributed by atoms with Crippen molar-refractivity contribution in [3.63, 3.8) is 0 Å². The van der Waals surface area contributed by atoms with Gasteiger partial charge in [0.25, 0.3) is 0 Å². The summed E-state index contributed by atoms with van der Waals surface area (Å²) in [7, 11) is 1.58. The number of likely N-dealkylation sites (tertiary alicyclic amines) is 1. The molecule has 1 saturated heterocycles. The molecule has 27 heavy (non-hydrogen) atoms. The van der Waals surface area contributed by atoms with Crippen molar-refractivity contribution in [2.75, 3.05) is 25.5 Å². The molecule has 1 fully saturated rings. The average Bonchev–Trinajstić information content (AvgIpc) is 3.09. The average molecular weight is 364 g/mol. The van der Waals surface area contributed by atoms with Crippen LogP contribution < -0.4 is 10.1 Å². The van der Waals surface area contributed by atoms with Crippen molar-refractivity contribution in [1.29, 1.82) is 0 Å². The monoisotopic (exact) mass is 364 g/mol. The van der Waals surface area contributed by atoms with E-state index in [0.29, 0.717) is 42.7 Å². The van der Waals surface area contributed by atoms with E-state index in [4.69, 9.17) is 9.26 Å². The van der Waals surface area contributed by atoms with Gasteiger partial charge in [0.05, 0.1) is 18.7 Å². The maximum absolute atomic E-state index is 12.4. The number of benzene rings is 2. The fourth-order valence-electron chi connectivity index (χ4n) is 3.03. The molecule has 0 atom stereocenters. The van der Waals surface area contributed by atoms with Gasteiger partial charge in [0.15, 0.2) is 5.82 Å². The fourth-order valence-corrected chi connectivity index (χ4v) is 3.03. The minimum absolute atomic E-state index is 0.0745. The smallest absolute Gasteiger partial charge is 0.321 e. The highest BCUT2D eigenvalue weighted by molar-refractivity contribution is 5.91. The van der Waals surface area contributed by atoms with E-state index in [0.717, 1.165) is 5.56 Å². The van der Waals surface area contributed by atoms with Gasteiger partial charge in [-0.15, -0.1) is 0 Å². The lowest BCUT2D eigenvalue weighted by Gasteiger charge is -2.36. The van der Waals surface area contributed by atoms with Gasteiger partial charge < -0.3 is 19.5 Å². The van der Waals surface area contributed by atoms with E-state index in [1.807, 2.05) is 48.5 Å². The SMILES string of the molecule is COc1ccccc1NC(=O)N1CC(c2nc(Cc3ccccc3)no2)C1. The molecule has 2 heterocycles. The Hall–Kier alpha value is -3.35. The molecule has 2 aromatic carbocycles. The minimum Gasteiger partial charge on any atom is -0.495 e. The van der Waals surface area contributed by atoms with Crippen LogP contribution in [0, 0.1) is 0 Å². The number of anilines is 1. The molecule has 138 valence electrons. The molecular formula is C20H20N4O3. The van der Waals surface area contributed by atoms with Crippen LogP contribution in [0.25, 0.3) is 0 Å². The molecule has 0 saturated carbocycles. The third-order valence-corrected chi connectivity index (χ3v) is 4.56. The number of urea groups is 1. The molecular weight excluding hydrogens is 344 g/mol. The van der Waals surface area contributed by atoms with E-state index < -0.39 is 0 Å². The maximum Gasteiger partial charge on any atom is 0.321 e. The molecule has 1 aromatic heterocycles. The van der Waals surface area contributed by atoms with E-state index in [-0.39, 0.29) is 11.9 Å². The van der Waals surface area contributed by atoms with Crippen LogP contribution in [0.5, 0.6) is 5.75 Å². The summed E-state index contributed by atoms with van der Waals surface area (Å²) in [6.07, 6.45) is 0.634. The zero-order chi connectivity index (χ0) is 18.6. The van der Waals surface area contributed by atoms with Crippen LogP contribution in [0.15, 0.2) is 59.1 Å². The first-order valence-corrected chi connectivity index (χ1v) is 8.78. The van der Waals surface area contributed by atoms with Crippen LogP contribution in [0.3, 0.4) is 0 Å². The van der Waals surface area contributed by atoms with Gasteiger partial charge >= 0.3 is 6.03 Å². The van der Waals surface area contributed by atoms with Crippen molar-refractivity contribution in [3.8, 4) is 5.75 Å². The normalized spacial score (nSPS) is 13.9. The molecule has 1 aliphatic rings. The standard InChI is InChI=1S/C20H20N4O3/c1-26-17-10-6-5-9-16(17)21-20(25)24-12-15(13-24)19-22-18(23-27-19)11-14-7-3-2-4-8-14/h2-10,15H,11-13H2,1H3,(H,21,25). The summed E-state index contributed by atoms with van der Waals surface area (Å²) in [5.41, 5.74) is 1.78. The van der Waals surface area contributed by atoms with Gasteiger partial charge in [-0.25, -0.2) is 4.79 Å². The Bertz CT molecular complexity index is 920. The molecule has 0 bridgehead atoms. The number of carbonyl (C=O) groups excluding carboxylic acids is 1. The van der Waals surface area contributed by atoms with Gasteiger partial charge in [-0.2, -0.15) is 4.98 Å². The predicted molar refractivity (Wildman–Crippen MR) is 99.9 cm³/mol. The largest absolute Gasteiger partial charge is 0.495 e. The Morgan fingerprint density at radius 2 is 1.93 bits per heavy atom. The van der Waals surface area contributed by atoms with Crippen molar-refractivity contribution in [2.45, 2.75) is 12.3 Å². The minimum atomic E-state index is -0.167. The van der Waals surface area contributed by atoms with Gasteiger partial charge in [-0.05, 0) is 17.7 Å². The molecule has 2 amide bonds. The zero-order valence-electron chi connectivity index (χ0n) is 15.0. The zero-order valence-corrected chi connectivity index (χ0v) is 15.0. The number of methoxy groups -OCH3 is 1. The van der Waals surface area contributed by atoms with Crippen molar-refractivity contribution < 1.29 is 14.1 Å². The molecule has 0 unspecified atom stereocenters. The first-order valence-electron chi connectivity index (χ1n) is 8.78. The molecule has 3 aromatic rings. The number of rotatable bonds is 5. The van der Waals surface area contributed by atoms with E-state index in [2.05, 4.69) is 15.5 Å². The third kappa shape index (κ3) is 3.76. The number of ether oxygens (including phenoxy) is 1. The number of para-hydroxylation sites is 2. The predicted octanol–water partition coefficient (Wildman–Crippen LogP) is 3.30. The van der Waals surface area contributed by atoms with Crippen molar-refractivity contribution in [1.82, 2.24) is 15.0 Å². The molecule has 0 spiro atoms. The van der Waals surface area contributed by atoms with Crippen LogP contribution >= 0.6 is 0 Å². The second-order valence-electron chi connectivity index (χ2n) is 6.44. The van der Waals surface area contributed by atoms with E-state index in [9.17, 15) is 4.79 Å². The second-order valence-corrected chi connectivity index (χ2v) is 6.44. The van der Waals surface area contributed by atoms with Crippen LogP contribution in [0.4, 0.5) is 10.5 Å². The van der Waals surface area contributed by atoms with Gasteiger partial charge in [0.1, 0.15) is 5.75 Å². The number of amides is 2. The Labute approximate surface area is 156 Å². The lowest BCUT2D eigenvalue weighted by atomic mass is 10.0. The Kier molecular flexibility index (Phi) is 4.74. The van der Waals surface area contributed by atoms with E-state index >= 15 is 0 Å². The molecule has 1 aliphatic heterocycles. The highest BCUT2D eigenvalue weighted by Crippen LogP contribution is 2.28. The Balaban J connectivity index is 1.32. The lowest BCUT2D eigenvalue weighted by Crippen LogP contribution is -2.50. The van der Waals surface area contributed by atoms with Gasteiger partial charge in [-0.1, -0.05) is 47.6 Å². The number of aromatic nitrogens is 2. The second kappa shape index (κ2) is 7.49. The van der Waals surface area contributed by atoms with Gasteiger partial charge in [0.2, 0.25) is 5.89 Å². The molecule has 7 heteroatoms. The molecule has 4 rings (SSSR count). The summed E-state index contributed by atoms with van der Waals surface area (Å²) in [6.45, 7) is 1.10. The van der Waals surface area contributed by atoms with Crippen LogP contribution in [-0.2, 0) is 6.42 Å². The number of carbonyl (C=O) groups is 1. The first-order chi connectivity index (χ1) is 13.2. The number of nitrogens with zero attached hydrogens (tertiary/aromatic N) is 3. The maximum atomic E-state index is 12.4. The van der Waals surface area contributed by atoms with Crippen molar-refractivity contribution in [3.05, 3.63) is 71.9 Å². The number of hydrogen-bond acceptors (Lipinski definition) is 5. The molecule has 7 nitrogen and oxygen atoms in total. The van der Waals surface area contributed by atoms with Crippen LogP contribution in [0.1, 0.15) is 23.2 Å². The van der Waals surface area contributed by atoms with E-state index in [1.54, 1.807) is 18.1 Å². The Morgan fingerprint density at radius 1 is 1.19 bits per heavy atom. The van der Waals surface area contributed by atoms with Crippen molar-refractivity contribution >= 4 is 11.7 Å². The lowest BCUT2D eigenvalue weighted by molar-refractivity contribution is 0.147. The molecule has 0 radical (unpaired) electrons. The van der Waals surface area contributed by atoms with Crippen LogP contribution in [-0.4, -0.2) is 41.3 Å². The number of hydrogen-bond donors (Lipinski definition) is 1. The van der Waals surface area contributed by atoms with Gasteiger partial charge in [-0.3, -0.25) is 0 Å².